The summed E-state index contributed by atoms with van der Waals surface area (Å²) in [6, 6.07) is 10.6. The van der Waals surface area contributed by atoms with Gasteiger partial charge < -0.3 is 10.6 Å². The van der Waals surface area contributed by atoms with Gasteiger partial charge in [0, 0.05) is 30.9 Å². The molecule has 0 fully saturated rings. The Balaban J connectivity index is 1.41. The molecule has 1 amide bonds. The van der Waals surface area contributed by atoms with E-state index in [1.165, 1.54) is 21.6 Å². The maximum atomic E-state index is 11.9. The molecule has 0 aliphatic carbocycles. The van der Waals surface area contributed by atoms with Gasteiger partial charge in [-0.1, -0.05) is 24.3 Å². The van der Waals surface area contributed by atoms with Gasteiger partial charge in [-0.25, -0.2) is 0 Å². The van der Waals surface area contributed by atoms with Crippen LogP contribution in [-0.2, 0) is 30.8 Å². The van der Waals surface area contributed by atoms with Gasteiger partial charge in [0.2, 0.25) is 5.91 Å². The number of benzene rings is 1. The second kappa shape index (κ2) is 6.87. The SMILES string of the molecule is O=C(CCCc1cccs1)NCc1ccc2c(c1)CNC2. The molecule has 0 spiro atoms. The molecule has 2 N–H and O–H groups in total. The molecule has 1 aromatic carbocycles. The molecule has 2 heterocycles. The van der Waals surface area contributed by atoms with Crippen LogP contribution < -0.4 is 10.6 Å². The van der Waals surface area contributed by atoms with E-state index in [1.807, 2.05) is 0 Å². The molecule has 1 aliphatic heterocycles. The molecule has 3 nitrogen and oxygen atoms in total. The summed E-state index contributed by atoms with van der Waals surface area (Å²) in [6.07, 6.45) is 2.51. The first kappa shape index (κ1) is 14.3. The zero-order chi connectivity index (χ0) is 14.5. The second-order valence-electron chi connectivity index (χ2n) is 5.42. The zero-order valence-electron chi connectivity index (χ0n) is 12.0. The van der Waals surface area contributed by atoms with Gasteiger partial charge in [0.15, 0.2) is 0 Å². The van der Waals surface area contributed by atoms with Crippen molar-refractivity contribution in [3.63, 3.8) is 0 Å². The van der Waals surface area contributed by atoms with E-state index in [9.17, 15) is 4.79 Å². The quantitative estimate of drug-likeness (QED) is 0.861. The van der Waals surface area contributed by atoms with Crippen molar-refractivity contribution in [3.05, 3.63) is 57.3 Å². The van der Waals surface area contributed by atoms with E-state index in [4.69, 9.17) is 0 Å². The minimum atomic E-state index is 0.144. The Hall–Kier alpha value is -1.65. The van der Waals surface area contributed by atoms with Crippen molar-refractivity contribution in [1.82, 2.24) is 10.6 Å². The van der Waals surface area contributed by atoms with E-state index in [1.54, 1.807) is 11.3 Å². The topological polar surface area (TPSA) is 41.1 Å². The van der Waals surface area contributed by atoms with Crippen LogP contribution in [0.4, 0.5) is 0 Å². The summed E-state index contributed by atoms with van der Waals surface area (Å²) < 4.78 is 0. The van der Waals surface area contributed by atoms with E-state index in [0.717, 1.165) is 25.9 Å². The largest absolute Gasteiger partial charge is 0.352 e. The van der Waals surface area contributed by atoms with Crippen LogP contribution >= 0.6 is 11.3 Å². The van der Waals surface area contributed by atoms with Crippen molar-refractivity contribution in [1.29, 1.82) is 0 Å². The highest BCUT2D eigenvalue weighted by Gasteiger charge is 2.10. The highest BCUT2D eigenvalue weighted by molar-refractivity contribution is 7.09. The fourth-order valence-electron chi connectivity index (χ4n) is 2.63. The minimum Gasteiger partial charge on any atom is -0.352 e. The molecule has 3 rings (SSSR count). The van der Waals surface area contributed by atoms with Gasteiger partial charge in [-0.3, -0.25) is 4.79 Å². The molecule has 4 heteroatoms. The van der Waals surface area contributed by atoms with Gasteiger partial charge in [0.1, 0.15) is 0 Å². The molecule has 0 bridgehead atoms. The summed E-state index contributed by atoms with van der Waals surface area (Å²) in [7, 11) is 0. The predicted octanol–water partition coefficient (Wildman–Crippen LogP) is 2.99. The van der Waals surface area contributed by atoms with Gasteiger partial charge in [-0.15, -0.1) is 11.3 Å². The van der Waals surface area contributed by atoms with Gasteiger partial charge in [0.25, 0.3) is 0 Å². The average Bonchev–Trinajstić information content (AvgIpc) is 3.15. The van der Waals surface area contributed by atoms with Crippen molar-refractivity contribution in [2.24, 2.45) is 0 Å². The number of hydrogen-bond donors (Lipinski definition) is 2. The molecule has 1 aliphatic rings. The van der Waals surface area contributed by atoms with Crippen LogP contribution in [0.1, 0.15) is 34.4 Å². The van der Waals surface area contributed by atoms with E-state index in [0.29, 0.717) is 13.0 Å². The van der Waals surface area contributed by atoms with E-state index in [2.05, 4.69) is 46.3 Å². The molecule has 0 atom stereocenters. The Labute approximate surface area is 129 Å². The van der Waals surface area contributed by atoms with Crippen LogP contribution in [-0.4, -0.2) is 5.91 Å². The van der Waals surface area contributed by atoms with Crippen molar-refractivity contribution in [2.45, 2.75) is 38.9 Å². The number of carbonyl (C=O) groups excluding carboxylic acids is 1. The molecule has 0 saturated heterocycles. The normalized spacial score (nSPS) is 13.1. The number of amides is 1. The first-order valence-electron chi connectivity index (χ1n) is 7.42. The smallest absolute Gasteiger partial charge is 0.220 e. The predicted molar refractivity (Wildman–Crippen MR) is 86.1 cm³/mol. The van der Waals surface area contributed by atoms with Crippen LogP contribution in [0.2, 0.25) is 0 Å². The Morgan fingerprint density at radius 1 is 1.24 bits per heavy atom. The number of rotatable bonds is 6. The first-order chi connectivity index (χ1) is 10.3. The highest BCUT2D eigenvalue weighted by atomic mass is 32.1. The molecule has 0 unspecified atom stereocenters. The molecular formula is C17H20N2OS. The van der Waals surface area contributed by atoms with Crippen molar-refractivity contribution >= 4 is 17.2 Å². The monoisotopic (exact) mass is 300 g/mol. The van der Waals surface area contributed by atoms with Crippen LogP contribution in [0, 0.1) is 0 Å². The van der Waals surface area contributed by atoms with Gasteiger partial charge >= 0.3 is 0 Å². The van der Waals surface area contributed by atoms with Gasteiger partial charge in [0.05, 0.1) is 0 Å². The number of thiophene rings is 1. The molecule has 21 heavy (non-hydrogen) atoms. The molecule has 110 valence electrons. The summed E-state index contributed by atoms with van der Waals surface area (Å²) >= 11 is 1.76. The standard InChI is InChI=1S/C17H20N2OS/c20-17(5-1-3-16-4-2-8-21-16)19-10-13-6-7-14-11-18-12-15(14)9-13/h2,4,6-9,18H,1,3,5,10-12H2,(H,19,20). The highest BCUT2D eigenvalue weighted by Crippen LogP contribution is 2.17. The lowest BCUT2D eigenvalue weighted by molar-refractivity contribution is -0.121. The summed E-state index contributed by atoms with van der Waals surface area (Å²) in [5.74, 6) is 0.144. The molecule has 2 aromatic rings. The lowest BCUT2D eigenvalue weighted by Gasteiger charge is -2.07. The molecule has 1 aromatic heterocycles. The number of nitrogens with one attached hydrogen (secondary N) is 2. The van der Waals surface area contributed by atoms with Crippen LogP contribution in [0.25, 0.3) is 0 Å². The Kier molecular flexibility index (Phi) is 4.68. The van der Waals surface area contributed by atoms with Gasteiger partial charge in [-0.05, 0) is 41.0 Å². The summed E-state index contributed by atoms with van der Waals surface area (Å²) in [4.78, 5) is 13.2. The third-order valence-corrected chi connectivity index (χ3v) is 4.73. The lowest BCUT2D eigenvalue weighted by Crippen LogP contribution is -2.22. The molecular weight excluding hydrogens is 280 g/mol. The second-order valence-corrected chi connectivity index (χ2v) is 6.45. The average molecular weight is 300 g/mol. The van der Waals surface area contributed by atoms with Crippen molar-refractivity contribution in [2.75, 3.05) is 0 Å². The zero-order valence-corrected chi connectivity index (χ0v) is 12.8. The summed E-state index contributed by atoms with van der Waals surface area (Å²) in [6.45, 7) is 2.54. The number of fused-ring (bicyclic) bond motifs is 1. The lowest BCUT2D eigenvalue weighted by atomic mass is 10.1. The number of hydrogen-bond acceptors (Lipinski definition) is 3. The summed E-state index contributed by atoms with van der Waals surface area (Å²) in [5.41, 5.74) is 3.92. The van der Waals surface area contributed by atoms with Crippen LogP contribution in [0.5, 0.6) is 0 Å². The van der Waals surface area contributed by atoms with E-state index in [-0.39, 0.29) is 5.91 Å². The molecule has 0 saturated carbocycles. The van der Waals surface area contributed by atoms with Crippen molar-refractivity contribution in [3.8, 4) is 0 Å². The Morgan fingerprint density at radius 3 is 3.00 bits per heavy atom. The van der Waals surface area contributed by atoms with Crippen molar-refractivity contribution < 1.29 is 4.79 Å². The third-order valence-electron chi connectivity index (χ3n) is 3.80. The molecule has 0 radical (unpaired) electrons. The maximum Gasteiger partial charge on any atom is 0.220 e. The summed E-state index contributed by atoms with van der Waals surface area (Å²) in [5, 5.41) is 8.43. The minimum absolute atomic E-state index is 0.144. The fourth-order valence-corrected chi connectivity index (χ4v) is 3.38. The van der Waals surface area contributed by atoms with Crippen LogP contribution in [0.15, 0.2) is 35.7 Å². The van der Waals surface area contributed by atoms with Crippen LogP contribution in [0.3, 0.4) is 0 Å². The maximum absolute atomic E-state index is 11.9. The Bertz CT molecular complexity index is 607. The van der Waals surface area contributed by atoms with E-state index >= 15 is 0 Å². The fraction of sp³-hybridized carbons (Fsp3) is 0.353. The Morgan fingerprint density at radius 2 is 2.14 bits per heavy atom. The number of carbonyl (C=O) groups is 1. The third kappa shape index (κ3) is 3.93. The first-order valence-corrected chi connectivity index (χ1v) is 8.30. The van der Waals surface area contributed by atoms with E-state index < -0.39 is 0 Å². The van der Waals surface area contributed by atoms with Gasteiger partial charge in [-0.2, -0.15) is 0 Å². The number of aryl methyl sites for hydroxylation is 1.